The highest BCUT2D eigenvalue weighted by molar-refractivity contribution is 5.82. The summed E-state index contributed by atoms with van der Waals surface area (Å²) in [6, 6.07) is 10.1. The van der Waals surface area contributed by atoms with Crippen LogP contribution in [-0.4, -0.2) is 61.0 Å². The summed E-state index contributed by atoms with van der Waals surface area (Å²) in [5, 5.41) is 8.41. The Morgan fingerprint density at radius 2 is 2.11 bits per heavy atom. The topological polar surface area (TPSA) is 77.7 Å². The highest BCUT2D eigenvalue weighted by Gasteiger charge is 2.38. The minimum atomic E-state index is -0.775. The Kier molecular flexibility index (Phi) is 5.99. The summed E-state index contributed by atoms with van der Waals surface area (Å²) in [5.41, 5.74) is 7.43. The van der Waals surface area contributed by atoms with Gasteiger partial charge in [-0.1, -0.05) is 30.3 Å². The molecule has 3 saturated heterocycles. The molecule has 3 aliphatic rings. The van der Waals surface area contributed by atoms with Crippen molar-refractivity contribution >= 4 is 5.91 Å². The summed E-state index contributed by atoms with van der Waals surface area (Å²) in [7, 11) is 0. The number of halogens is 1. The largest absolute Gasteiger partial charge is 0.349 e. The molecule has 27 heavy (non-hydrogen) atoms. The van der Waals surface area contributed by atoms with Gasteiger partial charge in [0.15, 0.2) is 0 Å². The zero-order chi connectivity index (χ0) is 18.6. The molecule has 3 heterocycles. The van der Waals surface area contributed by atoms with E-state index in [-0.39, 0.29) is 30.1 Å². The number of hydroxylamine groups is 1. The molecular weight excluding hydrogens is 349 g/mol. The quantitative estimate of drug-likeness (QED) is 0.589. The molecule has 7 nitrogen and oxygen atoms in total. The Hall–Kier alpha value is -1.58. The second-order valence-electron chi connectivity index (χ2n) is 7.69. The number of nitrogens with one attached hydrogen (secondary N) is 4. The van der Waals surface area contributed by atoms with E-state index in [0.29, 0.717) is 19.4 Å². The lowest BCUT2D eigenvalue weighted by molar-refractivity contribution is -0.125. The van der Waals surface area contributed by atoms with E-state index in [1.54, 1.807) is 0 Å². The van der Waals surface area contributed by atoms with Gasteiger partial charge in [0, 0.05) is 38.6 Å². The summed E-state index contributed by atoms with van der Waals surface area (Å²) in [6.45, 7) is 2.66. The lowest BCUT2D eigenvalue weighted by Gasteiger charge is -2.29. The fourth-order valence-corrected chi connectivity index (χ4v) is 4.02. The fourth-order valence-electron chi connectivity index (χ4n) is 4.02. The molecule has 0 aliphatic carbocycles. The Balaban J connectivity index is 1.21. The van der Waals surface area contributed by atoms with Gasteiger partial charge >= 0.3 is 0 Å². The van der Waals surface area contributed by atoms with Crippen LogP contribution in [0.2, 0.25) is 0 Å². The first-order chi connectivity index (χ1) is 13.2. The number of rotatable bonds is 5. The van der Waals surface area contributed by atoms with Gasteiger partial charge in [0.05, 0.1) is 12.1 Å². The summed E-state index contributed by atoms with van der Waals surface area (Å²) in [6.07, 6.45) is 1.03. The molecule has 0 saturated carbocycles. The standard InChI is InChI=1S/C19H28FN5O2/c20-14-6-7-16(21-9-14)18-8-17(24-27-18)19(26)23-15-10-22-25(12-15)11-13-4-2-1-3-5-13/h1-5,14-18,21-22,24H,6-12H2,(H,23,26). The maximum absolute atomic E-state index is 13.3. The molecule has 3 fully saturated rings. The Morgan fingerprint density at radius 1 is 1.26 bits per heavy atom. The number of piperidine rings is 1. The molecule has 0 radical (unpaired) electrons. The average molecular weight is 377 g/mol. The molecule has 8 heteroatoms. The number of carbonyl (C=O) groups excluding carboxylic acids is 1. The number of nitrogens with zero attached hydrogens (tertiary/aromatic N) is 1. The Morgan fingerprint density at radius 3 is 2.89 bits per heavy atom. The van der Waals surface area contributed by atoms with Crippen molar-refractivity contribution in [2.45, 2.75) is 56.2 Å². The van der Waals surface area contributed by atoms with E-state index >= 15 is 0 Å². The molecule has 3 aliphatic heterocycles. The maximum Gasteiger partial charge on any atom is 0.239 e. The fraction of sp³-hybridized carbons (Fsp3) is 0.632. The van der Waals surface area contributed by atoms with Crippen molar-refractivity contribution in [3.05, 3.63) is 35.9 Å². The van der Waals surface area contributed by atoms with Gasteiger partial charge in [0.1, 0.15) is 12.2 Å². The van der Waals surface area contributed by atoms with E-state index in [0.717, 1.165) is 26.1 Å². The van der Waals surface area contributed by atoms with Crippen molar-refractivity contribution in [3.8, 4) is 0 Å². The Bertz CT molecular complexity index is 626. The lowest BCUT2D eigenvalue weighted by atomic mass is 9.95. The van der Waals surface area contributed by atoms with Gasteiger partial charge in [-0.05, 0) is 18.4 Å². The summed E-state index contributed by atoms with van der Waals surface area (Å²) in [5.74, 6) is -0.0370. The molecule has 0 bridgehead atoms. The van der Waals surface area contributed by atoms with Crippen LogP contribution in [0.3, 0.4) is 0 Å². The molecule has 1 aromatic carbocycles. The third-order valence-electron chi connectivity index (χ3n) is 5.55. The van der Waals surface area contributed by atoms with E-state index in [1.807, 2.05) is 18.2 Å². The van der Waals surface area contributed by atoms with Crippen molar-refractivity contribution in [1.29, 1.82) is 0 Å². The smallest absolute Gasteiger partial charge is 0.239 e. The molecule has 5 atom stereocenters. The van der Waals surface area contributed by atoms with Gasteiger partial charge in [-0.3, -0.25) is 15.1 Å². The van der Waals surface area contributed by atoms with Crippen LogP contribution in [0, 0.1) is 0 Å². The van der Waals surface area contributed by atoms with Gasteiger partial charge in [-0.25, -0.2) is 9.40 Å². The first-order valence-corrected chi connectivity index (χ1v) is 9.79. The van der Waals surface area contributed by atoms with Crippen molar-refractivity contribution in [2.75, 3.05) is 19.6 Å². The number of alkyl halides is 1. The Labute approximate surface area is 158 Å². The number of carbonyl (C=O) groups is 1. The van der Waals surface area contributed by atoms with Crippen LogP contribution < -0.4 is 21.5 Å². The highest BCUT2D eigenvalue weighted by atomic mass is 19.1. The van der Waals surface area contributed by atoms with E-state index in [9.17, 15) is 9.18 Å². The first-order valence-electron chi connectivity index (χ1n) is 9.79. The van der Waals surface area contributed by atoms with E-state index in [1.165, 1.54) is 5.56 Å². The number of hydrogen-bond acceptors (Lipinski definition) is 6. The van der Waals surface area contributed by atoms with Gasteiger partial charge in [0.2, 0.25) is 5.91 Å². The van der Waals surface area contributed by atoms with Crippen LogP contribution in [0.25, 0.3) is 0 Å². The summed E-state index contributed by atoms with van der Waals surface area (Å²) < 4.78 is 13.3. The number of benzene rings is 1. The normalized spacial score (nSPS) is 34.6. The summed E-state index contributed by atoms with van der Waals surface area (Å²) >= 11 is 0. The highest BCUT2D eigenvalue weighted by Crippen LogP contribution is 2.22. The molecule has 4 rings (SSSR count). The minimum Gasteiger partial charge on any atom is -0.349 e. The molecule has 148 valence electrons. The van der Waals surface area contributed by atoms with Crippen LogP contribution in [0.5, 0.6) is 0 Å². The van der Waals surface area contributed by atoms with E-state index < -0.39 is 6.17 Å². The molecule has 5 unspecified atom stereocenters. The maximum atomic E-state index is 13.3. The molecule has 4 N–H and O–H groups in total. The molecule has 0 spiro atoms. The van der Waals surface area contributed by atoms with E-state index in [2.05, 4.69) is 38.7 Å². The second kappa shape index (κ2) is 8.62. The molecule has 1 aromatic rings. The third kappa shape index (κ3) is 4.83. The van der Waals surface area contributed by atoms with Crippen LogP contribution >= 0.6 is 0 Å². The van der Waals surface area contributed by atoms with Crippen LogP contribution in [0.1, 0.15) is 24.8 Å². The van der Waals surface area contributed by atoms with Crippen molar-refractivity contribution < 1.29 is 14.0 Å². The predicted octanol–water partition coefficient (Wildman–Crippen LogP) is 0.244. The third-order valence-corrected chi connectivity index (χ3v) is 5.55. The van der Waals surface area contributed by atoms with Crippen molar-refractivity contribution in [3.63, 3.8) is 0 Å². The zero-order valence-electron chi connectivity index (χ0n) is 15.4. The minimum absolute atomic E-state index is 0.0370. The first kappa shape index (κ1) is 18.8. The van der Waals surface area contributed by atoms with Crippen LogP contribution in [0.4, 0.5) is 4.39 Å². The van der Waals surface area contributed by atoms with Gasteiger partial charge in [-0.15, -0.1) is 0 Å². The number of hydrogen-bond donors (Lipinski definition) is 4. The van der Waals surface area contributed by atoms with Gasteiger partial charge in [-0.2, -0.15) is 5.48 Å². The molecule has 0 aromatic heterocycles. The van der Waals surface area contributed by atoms with Gasteiger partial charge in [0.25, 0.3) is 0 Å². The van der Waals surface area contributed by atoms with Crippen LogP contribution in [0.15, 0.2) is 30.3 Å². The SMILES string of the molecule is O=C(NC1CNN(Cc2ccccc2)C1)C1CC(C2CCC(F)CN2)ON1. The molecular formula is C19H28FN5O2. The predicted molar refractivity (Wildman–Crippen MR) is 99.1 cm³/mol. The monoisotopic (exact) mass is 377 g/mol. The second-order valence-corrected chi connectivity index (χ2v) is 7.69. The van der Waals surface area contributed by atoms with Gasteiger partial charge < -0.3 is 10.6 Å². The lowest BCUT2D eigenvalue weighted by Crippen LogP contribution is -2.48. The van der Waals surface area contributed by atoms with Crippen molar-refractivity contribution in [2.24, 2.45) is 0 Å². The van der Waals surface area contributed by atoms with Crippen molar-refractivity contribution in [1.82, 2.24) is 26.5 Å². The number of hydrazine groups is 1. The average Bonchev–Trinajstić information content (AvgIpc) is 3.33. The van der Waals surface area contributed by atoms with E-state index in [4.69, 9.17) is 4.84 Å². The van der Waals surface area contributed by atoms with Crippen LogP contribution in [-0.2, 0) is 16.2 Å². The summed E-state index contributed by atoms with van der Waals surface area (Å²) in [4.78, 5) is 18.2. The molecule has 1 amide bonds. The zero-order valence-corrected chi connectivity index (χ0v) is 15.4. The number of amides is 1.